The Morgan fingerprint density at radius 1 is 0.891 bits per heavy atom. The number of piperazine rings is 1. The lowest BCUT2D eigenvalue weighted by Gasteiger charge is -2.37. The number of anilines is 1. The normalized spacial score (nSPS) is 29.6. The maximum absolute atomic E-state index is 14.3. The van der Waals surface area contributed by atoms with E-state index in [2.05, 4.69) is 27.4 Å². The van der Waals surface area contributed by atoms with Gasteiger partial charge in [0.05, 0.1) is 17.9 Å². The van der Waals surface area contributed by atoms with Gasteiger partial charge in [-0.2, -0.15) is 0 Å². The molecule has 2 aromatic rings. The molecule has 2 aromatic carbocycles. The van der Waals surface area contributed by atoms with Crippen LogP contribution in [-0.4, -0.2) is 102 Å². The summed E-state index contributed by atoms with van der Waals surface area (Å²) in [5.41, 5.74) is -0.553. The van der Waals surface area contributed by atoms with Crippen molar-refractivity contribution in [2.24, 2.45) is 11.8 Å². The summed E-state index contributed by atoms with van der Waals surface area (Å²) < 4.78 is 12.4. The summed E-state index contributed by atoms with van der Waals surface area (Å²) in [6, 6.07) is 16.0. The molecule has 5 aliphatic rings. The van der Waals surface area contributed by atoms with E-state index in [0.29, 0.717) is 24.5 Å². The number of benzene rings is 2. The Hall–Kier alpha value is -3.73. The summed E-state index contributed by atoms with van der Waals surface area (Å²) in [7, 11) is 0. The minimum absolute atomic E-state index is 0.103. The largest absolute Gasteiger partial charge is 0.457 e. The maximum atomic E-state index is 14.3. The zero-order valence-corrected chi connectivity index (χ0v) is 26.6. The van der Waals surface area contributed by atoms with Crippen molar-refractivity contribution in [3.8, 4) is 11.5 Å². The smallest absolute Gasteiger partial charge is 0.246 e. The number of carbonyl (C=O) groups is 3. The first kappa shape index (κ1) is 30.9. The second kappa shape index (κ2) is 13.2. The van der Waals surface area contributed by atoms with E-state index in [1.807, 2.05) is 42.5 Å². The van der Waals surface area contributed by atoms with Crippen molar-refractivity contribution in [2.75, 3.05) is 51.1 Å². The van der Waals surface area contributed by atoms with Gasteiger partial charge in [-0.3, -0.25) is 19.3 Å². The molecule has 244 valence electrons. The summed E-state index contributed by atoms with van der Waals surface area (Å²) in [6.07, 6.45) is 8.47. The van der Waals surface area contributed by atoms with Gasteiger partial charge in [0.2, 0.25) is 17.7 Å². The predicted octanol–water partition coefficient (Wildman–Crippen LogP) is 3.65. The van der Waals surface area contributed by atoms with Crippen molar-refractivity contribution in [1.29, 1.82) is 0 Å². The Morgan fingerprint density at radius 2 is 1.59 bits per heavy atom. The average molecular weight is 628 g/mol. The number of amides is 3. The molecule has 3 amide bonds. The predicted molar refractivity (Wildman–Crippen MR) is 174 cm³/mol. The first-order chi connectivity index (χ1) is 22.4. The molecule has 0 radical (unpaired) electrons. The first-order valence-corrected chi connectivity index (χ1v) is 17.0. The molecule has 1 aliphatic carbocycles. The molecule has 5 unspecified atom stereocenters. The van der Waals surface area contributed by atoms with Gasteiger partial charge in [-0.05, 0) is 55.8 Å². The van der Waals surface area contributed by atoms with Gasteiger partial charge >= 0.3 is 0 Å². The Labute approximate surface area is 271 Å². The number of nitrogens with zero attached hydrogens (tertiary/aromatic N) is 3. The highest BCUT2D eigenvalue weighted by molar-refractivity contribution is 6.02. The van der Waals surface area contributed by atoms with Gasteiger partial charge in [0, 0.05) is 51.0 Å². The molecule has 46 heavy (non-hydrogen) atoms. The van der Waals surface area contributed by atoms with Gasteiger partial charge in [-0.1, -0.05) is 56.5 Å². The lowest BCUT2D eigenvalue weighted by molar-refractivity contribution is -0.141. The van der Waals surface area contributed by atoms with E-state index in [1.165, 1.54) is 6.42 Å². The van der Waals surface area contributed by atoms with Crippen LogP contribution in [0.5, 0.6) is 11.5 Å². The first-order valence-electron chi connectivity index (χ1n) is 17.0. The topological polar surface area (TPSA) is 103 Å². The number of ether oxygens (including phenoxy) is 2. The van der Waals surface area contributed by atoms with Crippen LogP contribution in [0.2, 0.25) is 0 Å². The van der Waals surface area contributed by atoms with Crippen molar-refractivity contribution in [1.82, 2.24) is 20.0 Å². The molecular formula is C36H45N5O5. The van der Waals surface area contributed by atoms with Crippen molar-refractivity contribution in [3.05, 3.63) is 66.7 Å². The number of likely N-dealkylation sites (tertiary alicyclic amines) is 1. The molecule has 4 aliphatic heterocycles. The van der Waals surface area contributed by atoms with E-state index in [4.69, 9.17) is 9.47 Å². The number of rotatable bonds is 10. The number of likely N-dealkylation sites (N-methyl/N-ethyl adjacent to an activating group) is 1. The molecule has 4 fully saturated rings. The lowest BCUT2D eigenvalue weighted by atomic mass is 9.74. The maximum Gasteiger partial charge on any atom is 0.246 e. The standard InChI is InChI=1S/C36H45N5O5/c1-2-39-19-21-40(22-20-39)23-24-41-32(34(43)38-25-9-5-3-6-10-25)36-18-17-29(46-36)30(31(36)35(41)44)33(42)37-26-13-15-28(16-14-26)45-27-11-7-4-8-12-27/h4,7-8,11-18,25,29-32H,2-3,5-6,9-10,19-24H2,1H3,(H,37,42)(H,38,43). The highest BCUT2D eigenvalue weighted by Gasteiger charge is 2.72. The number of nitrogens with one attached hydrogen (secondary N) is 2. The van der Waals surface area contributed by atoms with Crippen molar-refractivity contribution < 1.29 is 23.9 Å². The molecule has 10 heteroatoms. The van der Waals surface area contributed by atoms with Crippen molar-refractivity contribution in [2.45, 2.75) is 62.8 Å². The second-order valence-electron chi connectivity index (χ2n) is 13.3. The zero-order valence-electron chi connectivity index (χ0n) is 26.6. The number of carbonyl (C=O) groups excluding carboxylic acids is 3. The summed E-state index contributed by atoms with van der Waals surface area (Å²) >= 11 is 0. The summed E-state index contributed by atoms with van der Waals surface area (Å²) in [5, 5.41) is 6.30. The number of fused-ring (bicyclic) bond motifs is 1. The molecule has 1 saturated carbocycles. The molecule has 2 N–H and O–H groups in total. The number of para-hydroxylation sites is 1. The fraction of sp³-hybridized carbons (Fsp3) is 0.528. The molecule has 3 saturated heterocycles. The highest BCUT2D eigenvalue weighted by atomic mass is 16.5. The Bertz CT molecular complexity index is 1440. The van der Waals surface area contributed by atoms with Crippen LogP contribution in [0.15, 0.2) is 66.7 Å². The zero-order chi connectivity index (χ0) is 31.7. The molecular weight excluding hydrogens is 582 g/mol. The molecule has 4 heterocycles. The molecule has 0 aromatic heterocycles. The van der Waals surface area contributed by atoms with Crippen LogP contribution >= 0.6 is 0 Å². The second-order valence-corrected chi connectivity index (χ2v) is 13.3. The SMILES string of the molecule is CCN1CCN(CCN2C(=O)C3C(C(=O)Nc4ccc(Oc5ccccc5)cc4)C4C=CC3(O4)C2C(=O)NC2CCCCC2)CC1. The van der Waals surface area contributed by atoms with Gasteiger partial charge in [0.25, 0.3) is 0 Å². The summed E-state index contributed by atoms with van der Waals surface area (Å²) in [4.78, 5) is 48.8. The van der Waals surface area contributed by atoms with Crippen LogP contribution in [0.3, 0.4) is 0 Å². The van der Waals surface area contributed by atoms with Gasteiger partial charge in [-0.15, -0.1) is 0 Å². The quantitative estimate of drug-likeness (QED) is 0.388. The third kappa shape index (κ3) is 5.94. The lowest BCUT2D eigenvalue weighted by Crippen LogP contribution is -2.57. The van der Waals surface area contributed by atoms with Gasteiger partial charge in [0.15, 0.2) is 0 Å². The molecule has 2 bridgehead atoms. The van der Waals surface area contributed by atoms with E-state index in [1.54, 1.807) is 29.2 Å². The van der Waals surface area contributed by atoms with E-state index >= 15 is 0 Å². The third-order valence-electron chi connectivity index (χ3n) is 10.5. The fourth-order valence-corrected chi connectivity index (χ4v) is 8.07. The van der Waals surface area contributed by atoms with Crippen LogP contribution in [0.1, 0.15) is 39.0 Å². The summed E-state index contributed by atoms with van der Waals surface area (Å²) in [5.74, 6) is -0.740. The van der Waals surface area contributed by atoms with Crippen LogP contribution in [0.25, 0.3) is 0 Å². The fourth-order valence-electron chi connectivity index (χ4n) is 8.07. The molecule has 5 atom stereocenters. The highest BCUT2D eigenvalue weighted by Crippen LogP contribution is 2.55. The minimum Gasteiger partial charge on any atom is -0.457 e. The molecule has 10 nitrogen and oxygen atoms in total. The third-order valence-corrected chi connectivity index (χ3v) is 10.5. The van der Waals surface area contributed by atoms with Gasteiger partial charge in [-0.25, -0.2) is 0 Å². The van der Waals surface area contributed by atoms with Crippen LogP contribution in [0.4, 0.5) is 5.69 Å². The number of hydrogen-bond donors (Lipinski definition) is 2. The van der Waals surface area contributed by atoms with Crippen LogP contribution < -0.4 is 15.4 Å². The van der Waals surface area contributed by atoms with E-state index in [-0.39, 0.29) is 23.8 Å². The van der Waals surface area contributed by atoms with Crippen molar-refractivity contribution in [3.63, 3.8) is 0 Å². The van der Waals surface area contributed by atoms with Gasteiger partial charge in [0.1, 0.15) is 23.1 Å². The molecule has 7 rings (SSSR count). The molecule has 1 spiro atoms. The Kier molecular flexibility index (Phi) is 8.85. The minimum atomic E-state index is -1.16. The monoisotopic (exact) mass is 627 g/mol. The average Bonchev–Trinajstić information content (AvgIpc) is 3.73. The van der Waals surface area contributed by atoms with Crippen LogP contribution in [0, 0.1) is 11.8 Å². The van der Waals surface area contributed by atoms with Crippen LogP contribution in [-0.2, 0) is 19.1 Å². The summed E-state index contributed by atoms with van der Waals surface area (Å²) in [6.45, 7) is 8.17. The number of hydrogen-bond acceptors (Lipinski definition) is 7. The van der Waals surface area contributed by atoms with E-state index in [9.17, 15) is 14.4 Å². The van der Waals surface area contributed by atoms with Gasteiger partial charge < -0.3 is 29.9 Å². The van der Waals surface area contributed by atoms with Crippen molar-refractivity contribution >= 4 is 23.4 Å². The van der Waals surface area contributed by atoms with E-state index < -0.39 is 29.6 Å². The van der Waals surface area contributed by atoms with E-state index in [0.717, 1.165) is 64.2 Å². The Balaban J connectivity index is 1.08. The Morgan fingerprint density at radius 3 is 2.30 bits per heavy atom.